The highest BCUT2D eigenvalue weighted by Gasteiger charge is 2.10. The first-order chi connectivity index (χ1) is 6.33. The van der Waals surface area contributed by atoms with E-state index in [2.05, 4.69) is 15.2 Å². The third-order valence-electron chi connectivity index (χ3n) is 2.03. The molecule has 0 aliphatic heterocycles. The number of fused-ring (bicyclic) bond motifs is 1. The lowest BCUT2D eigenvalue weighted by molar-refractivity contribution is 0.700. The summed E-state index contributed by atoms with van der Waals surface area (Å²) in [6.45, 7) is 2.60. The number of hydrogen-bond donors (Lipinski definition) is 1. The molecule has 0 saturated heterocycles. The second-order valence-corrected chi connectivity index (χ2v) is 3.00. The van der Waals surface area contributed by atoms with Gasteiger partial charge >= 0.3 is 0 Å². The molecule has 0 aliphatic rings. The van der Waals surface area contributed by atoms with Crippen LogP contribution < -0.4 is 5.73 Å². The van der Waals surface area contributed by atoms with Crippen molar-refractivity contribution in [3.05, 3.63) is 24.4 Å². The van der Waals surface area contributed by atoms with Gasteiger partial charge in [-0.1, -0.05) is 6.92 Å². The summed E-state index contributed by atoms with van der Waals surface area (Å²) in [5.41, 5.74) is 6.32. The van der Waals surface area contributed by atoms with Crippen LogP contribution in [0.4, 0.5) is 0 Å². The molecule has 2 aromatic rings. The average Bonchev–Trinajstić information content (AvgIpc) is 2.60. The minimum Gasteiger partial charge on any atom is -0.330 e. The zero-order valence-corrected chi connectivity index (χ0v) is 7.38. The Morgan fingerprint density at radius 2 is 2.38 bits per heavy atom. The maximum absolute atomic E-state index is 5.56. The van der Waals surface area contributed by atoms with E-state index >= 15 is 0 Å². The van der Waals surface area contributed by atoms with Crippen LogP contribution in [0.15, 0.2) is 18.6 Å². The van der Waals surface area contributed by atoms with Gasteiger partial charge in [-0.15, -0.1) is 10.2 Å². The van der Waals surface area contributed by atoms with E-state index < -0.39 is 0 Å². The lowest BCUT2D eigenvalue weighted by Crippen LogP contribution is -2.12. The van der Waals surface area contributed by atoms with Gasteiger partial charge in [-0.3, -0.25) is 9.38 Å². The van der Waals surface area contributed by atoms with Crippen LogP contribution in [0.1, 0.15) is 18.7 Å². The van der Waals surface area contributed by atoms with E-state index in [1.54, 1.807) is 12.4 Å². The minimum atomic E-state index is 0.220. The standard InChI is InChI=1S/C8H11N5/c1-6(4-9)8-12-11-7-5-10-2-3-13(7)8/h2-3,5-6H,4,9H2,1H3. The minimum absolute atomic E-state index is 0.220. The molecule has 13 heavy (non-hydrogen) atoms. The van der Waals surface area contributed by atoms with Gasteiger partial charge in [-0.25, -0.2) is 0 Å². The van der Waals surface area contributed by atoms with Crippen LogP contribution in [-0.2, 0) is 0 Å². The van der Waals surface area contributed by atoms with Gasteiger partial charge in [0, 0.05) is 24.9 Å². The molecule has 68 valence electrons. The normalized spacial score (nSPS) is 13.4. The molecule has 0 aromatic carbocycles. The van der Waals surface area contributed by atoms with Crippen LogP contribution in [-0.4, -0.2) is 26.1 Å². The lowest BCUT2D eigenvalue weighted by atomic mass is 10.2. The molecule has 0 aliphatic carbocycles. The molecule has 2 heterocycles. The highest BCUT2D eigenvalue weighted by molar-refractivity contribution is 5.34. The van der Waals surface area contributed by atoms with Crippen molar-refractivity contribution in [3.63, 3.8) is 0 Å². The van der Waals surface area contributed by atoms with Gasteiger partial charge in [0.25, 0.3) is 0 Å². The number of hydrogen-bond acceptors (Lipinski definition) is 4. The lowest BCUT2D eigenvalue weighted by Gasteiger charge is -2.04. The van der Waals surface area contributed by atoms with Gasteiger partial charge in [-0.05, 0) is 0 Å². The first kappa shape index (κ1) is 8.12. The van der Waals surface area contributed by atoms with Gasteiger partial charge in [0.15, 0.2) is 5.65 Å². The fourth-order valence-corrected chi connectivity index (χ4v) is 1.21. The largest absolute Gasteiger partial charge is 0.330 e. The Morgan fingerprint density at radius 3 is 3.15 bits per heavy atom. The SMILES string of the molecule is CC(CN)c1nnc2cnccn12. The summed E-state index contributed by atoms with van der Waals surface area (Å²) in [6, 6.07) is 0. The van der Waals surface area contributed by atoms with Crippen molar-refractivity contribution in [2.24, 2.45) is 5.73 Å². The fraction of sp³-hybridized carbons (Fsp3) is 0.375. The molecule has 1 unspecified atom stereocenters. The zero-order chi connectivity index (χ0) is 9.26. The van der Waals surface area contributed by atoms with Gasteiger partial charge < -0.3 is 5.73 Å². The van der Waals surface area contributed by atoms with Crippen molar-refractivity contribution in [1.29, 1.82) is 0 Å². The number of rotatable bonds is 2. The zero-order valence-electron chi connectivity index (χ0n) is 7.38. The van der Waals surface area contributed by atoms with Gasteiger partial charge in [0.1, 0.15) is 5.82 Å². The summed E-state index contributed by atoms with van der Waals surface area (Å²) in [5.74, 6) is 1.11. The topological polar surface area (TPSA) is 69.1 Å². The first-order valence-corrected chi connectivity index (χ1v) is 4.17. The molecule has 2 N–H and O–H groups in total. The molecular weight excluding hydrogens is 166 g/mol. The second-order valence-electron chi connectivity index (χ2n) is 3.00. The van der Waals surface area contributed by atoms with Crippen LogP contribution in [0, 0.1) is 0 Å². The molecule has 0 amide bonds. The van der Waals surface area contributed by atoms with Gasteiger partial charge in [0.2, 0.25) is 0 Å². The Balaban J connectivity index is 2.57. The van der Waals surface area contributed by atoms with E-state index in [4.69, 9.17) is 5.73 Å². The van der Waals surface area contributed by atoms with Crippen molar-refractivity contribution in [2.45, 2.75) is 12.8 Å². The average molecular weight is 177 g/mol. The first-order valence-electron chi connectivity index (χ1n) is 4.17. The summed E-state index contributed by atoms with van der Waals surface area (Å²) in [7, 11) is 0. The summed E-state index contributed by atoms with van der Waals surface area (Å²) in [6.07, 6.45) is 5.24. The highest BCUT2D eigenvalue weighted by atomic mass is 15.3. The third-order valence-corrected chi connectivity index (χ3v) is 2.03. The fourth-order valence-electron chi connectivity index (χ4n) is 1.21. The molecule has 5 heteroatoms. The molecular formula is C8H11N5. The van der Waals surface area contributed by atoms with E-state index in [1.807, 2.05) is 17.5 Å². The Hall–Kier alpha value is -1.49. The molecule has 1 atom stereocenters. The monoisotopic (exact) mass is 177 g/mol. The number of nitrogens with two attached hydrogens (primary N) is 1. The summed E-state index contributed by atoms with van der Waals surface area (Å²) >= 11 is 0. The molecule has 0 radical (unpaired) electrons. The number of aromatic nitrogens is 4. The molecule has 2 rings (SSSR count). The maximum atomic E-state index is 5.56. The van der Waals surface area contributed by atoms with E-state index in [-0.39, 0.29) is 5.92 Å². The molecule has 0 saturated carbocycles. The molecule has 0 bridgehead atoms. The van der Waals surface area contributed by atoms with Crippen LogP contribution in [0.25, 0.3) is 5.65 Å². The van der Waals surface area contributed by atoms with Crippen molar-refractivity contribution < 1.29 is 0 Å². The van der Waals surface area contributed by atoms with Crippen LogP contribution in [0.2, 0.25) is 0 Å². The Morgan fingerprint density at radius 1 is 1.54 bits per heavy atom. The predicted octanol–water partition coefficient (Wildman–Crippen LogP) is 0.186. The van der Waals surface area contributed by atoms with Crippen molar-refractivity contribution in [3.8, 4) is 0 Å². The van der Waals surface area contributed by atoms with E-state index in [0.717, 1.165) is 11.5 Å². The maximum Gasteiger partial charge on any atom is 0.179 e. The highest BCUT2D eigenvalue weighted by Crippen LogP contribution is 2.11. The quantitative estimate of drug-likeness (QED) is 0.710. The van der Waals surface area contributed by atoms with Crippen LogP contribution in [0.3, 0.4) is 0 Å². The summed E-state index contributed by atoms with van der Waals surface area (Å²) in [4.78, 5) is 3.96. The summed E-state index contributed by atoms with van der Waals surface area (Å²) in [5, 5.41) is 8.04. The third kappa shape index (κ3) is 1.27. The molecule has 2 aromatic heterocycles. The second kappa shape index (κ2) is 3.10. The van der Waals surface area contributed by atoms with Gasteiger partial charge in [-0.2, -0.15) is 0 Å². The Kier molecular flexibility index (Phi) is 1.94. The van der Waals surface area contributed by atoms with E-state index in [9.17, 15) is 0 Å². The van der Waals surface area contributed by atoms with Crippen LogP contribution in [0.5, 0.6) is 0 Å². The van der Waals surface area contributed by atoms with Crippen molar-refractivity contribution >= 4 is 5.65 Å². The molecule has 0 fully saturated rings. The molecule has 0 spiro atoms. The molecule has 5 nitrogen and oxygen atoms in total. The van der Waals surface area contributed by atoms with Crippen LogP contribution >= 0.6 is 0 Å². The van der Waals surface area contributed by atoms with Crippen molar-refractivity contribution in [1.82, 2.24) is 19.6 Å². The van der Waals surface area contributed by atoms with Crippen molar-refractivity contribution in [2.75, 3.05) is 6.54 Å². The summed E-state index contributed by atoms with van der Waals surface area (Å²) < 4.78 is 1.91. The Bertz CT molecular complexity index is 408. The number of nitrogens with zero attached hydrogens (tertiary/aromatic N) is 4. The smallest absolute Gasteiger partial charge is 0.179 e. The van der Waals surface area contributed by atoms with Gasteiger partial charge in [0.05, 0.1) is 6.20 Å². The van der Waals surface area contributed by atoms with E-state index in [0.29, 0.717) is 6.54 Å². The van der Waals surface area contributed by atoms with E-state index in [1.165, 1.54) is 0 Å². The Labute approximate surface area is 75.6 Å². The predicted molar refractivity (Wildman–Crippen MR) is 48.3 cm³/mol.